The summed E-state index contributed by atoms with van der Waals surface area (Å²) in [4.78, 5) is 26.8. The molecule has 6 heteroatoms. The molecule has 0 aliphatic rings. The normalized spacial score (nSPS) is 11.4. The van der Waals surface area contributed by atoms with Crippen LogP contribution in [-0.4, -0.2) is 20.9 Å². The monoisotopic (exact) mass is 416 g/mol. The van der Waals surface area contributed by atoms with Crippen molar-refractivity contribution in [3.05, 3.63) is 71.7 Å². The summed E-state index contributed by atoms with van der Waals surface area (Å²) in [5.41, 5.74) is 4.77. The highest BCUT2D eigenvalue weighted by molar-refractivity contribution is 7.21. The first-order valence-corrected chi connectivity index (χ1v) is 10.9. The predicted molar refractivity (Wildman–Crippen MR) is 123 cm³/mol. The first kappa shape index (κ1) is 20.2. The molecule has 0 saturated heterocycles. The molecule has 2 aromatic carbocycles. The Balaban J connectivity index is 1.76. The SMILES string of the molecule is CC(C)c1cccc(C(C)C)c1NC(=O)c1nccnc1-c1nc2ccccc2s1. The molecule has 0 bridgehead atoms. The Bertz CT molecular complexity index is 1150. The fourth-order valence-corrected chi connectivity index (χ4v) is 4.47. The summed E-state index contributed by atoms with van der Waals surface area (Å²) >= 11 is 1.51. The Morgan fingerprint density at radius 2 is 1.57 bits per heavy atom. The Morgan fingerprint density at radius 3 is 2.23 bits per heavy atom. The summed E-state index contributed by atoms with van der Waals surface area (Å²) in [6.07, 6.45) is 3.14. The highest BCUT2D eigenvalue weighted by atomic mass is 32.1. The van der Waals surface area contributed by atoms with E-state index in [-0.39, 0.29) is 23.4 Å². The minimum absolute atomic E-state index is 0.271. The molecule has 0 atom stereocenters. The van der Waals surface area contributed by atoms with Crippen LogP contribution in [0.3, 0.4) is 0 Å². The number of rotatable bonds is 5. The molecule has 0 aliphatic heterocycles. The smallest absolute Gasteiger partial charge is 0.276 e. The van der Waals surface area contributed by atoms with Crippen LogP contribution in [0.15, 0.2) is 54.9 Å². The third-order valence-electron chi connectivity index (χ3n) is 5.02. The van der Waals surface area contributed by atoms with Crippen molar-refractivity contribution in [1.29, 1.82) is 0 Å². The van der Waals surface area contributed by atoms with Crippen LogP contribution in [0, 0.1) is 0 Å². The average molecular weight is 417 g/mol. The van der Waals surface area contributed by atoms with Crippen LogP contribution >= 0.6 is 11.3 Å². The minimum atomic E-state index is -0.271. The zero-order valence-electron chi connectivity index (χ0n) is 17.5. The summed E-state index contributed by atoms with van der Waals surface area (Å²) in [6.45, 7) is 8.52. The maximum Gasteiger partial charge on any atom is 0.276 e. The number of anilines is 1. The summed E-state index contributed by atoms with van der Waals surface area (Å²) < 4.78 is 1.05. The predicted octanol–water partition coefficient (Wildman–Crippen LogP) is 6.25. The van der Waals surface area contributed by atoms with Gasteiger partial charge in [-0.3, -0.25) is 4.79 Å². The molecule has 0 aliphatic carbocycles. The second-order valence-electron chi connectivity index (χ2n) is 7.82. The maximum absolute atomic E-state index is 13.3. The fourth-order valence-electron chi connectivity index (χ4n) is 3.50. The van der Waals surface area contributed by atoms with E-state index in [0.29, 0.717) is 10.7 Å². The van der Waals surface area contributed by atoms with Gasteiger partial charge in [-0.15, -0.1) is 11.3 Å². The third kappa shape index (κ3) is 3.83. The molecule has 1 N–H and O–H groups in total. The van der Waals surface area contributed by atoms with E-state index in [9.17, 15) is 4.79 Å². The number of benzene rings is 2. The Hall–Kier alpha value is -3.12. The van der Waals surface area contributed by atoms with Crippen LogP contribution in [-0.2, 0) is 0 Å². The molecule has 0 spiro atoms. The van der Waals surface area contributed by atoms with Gasteiger partial charge < -0.3 is 5.32 Å². The van der Waals surface area contributed by atoms with E-state index in [4.69, 9.17) is 0 Å². The lowest BCUT2D eigenvalue weighted by atomic mass is 9.92. The zero-order chi connectivity index (χ0) is 21.3. The van der Waals surface area contributed by atoms with Crippen LogP contribution in [0.4, 0.5) is 5.69 Å². The number of para-hydroxylation sites is 2. The molecule has 0 unspecified atom stereocenters. The van der Waals surface area contributed by atoms with E-state index in [1.54, 1.807) is 12.4 Å². The number of thiazole rings is 1. The molecule has 5 nitrogen and oxygen atoms in total. The summed E-state index contributed by atoms with van der Waals surface area (Å²) in [5, 5.41) is 3.83. The lowest BCUT2D eigenvalue weighted by molar-refractivity contribution is 0.102. The van der Waals surface area contributed by atoms with Crippen molar-refractivity contribution < 1.29 is 4.79 Å². The lowest BCUT2D eigenvalue weighted by Gasteiger charge is -2.20. The van der Waals surface area contributed by atoms with Gasteiger partial charge in [0.1, 0.15) is 10.7 Å². The van der Waals surface area contributed by atoms with Crippen molar-refractivity contribution >= 4 is 33.1 Å². The molecule has 152 valence electrons. The molecule has 1 amide bonds. The molecule has 4 aromatic rings. The van der Waals surface area contributed by atoms with Gasteiger partial charge in [-0.05, 0) is 35.1 Å². The average Bonchev–Trinajstić information content (AvgIpc) is 3.17. The van der Waals surface area contributed by atoms with Crippen molar-refractivity contribution in [2.45, 2.75) is 39.5 Å². The van der Waals surface area contributed by atoms with Gasteiger partial charge in [0.15, 0.2) is 5.69 Å². The molecule has 2 heterocycles. The molecular weight excluding hydrogens is 392 g/mol. The third-order valence-corrected chi connectivity index (χ3v) is 6.06. The number of hydrogen-bond donors (Lipinski definition) is 1. The van der Waals surface area contributed by atoms with E-state index in [1.807, 2.05) is 24.3 Å². The highest BCUT2D eigenvalue weighted by Crippen LogP contribution is 2.34. The molecule has 0 saturated carbocycles. The van der Waals surface area contributed by atoms with E-state index in [2.05, 4.69) is 66.2 Å². The number of aromatic nitrogens is 3. The number of carbonyl (C=O) groups excluding carboxylic acids is 1. The zero-order valence-corrected chi connectivity index (χ0v) is 18.3. The second kappa shape index (κ2) is 8.32. The van der Waals surface area contributed by atoms with Gasteiger partial charge in [-0.2, -0.15) is 0 Å². The molecule has 30 heavy (non-hydrogen) atoms. The minimum Gasteiger partial charge on any atom is -0.320 e. The van der Waals surface area contributed by atoms with Gasteiger partial charge in [0.25, 0.3) is 5.91 Å². The van der Waals surface area contributed by atoms with E-state index in [0.717, 1.165) is 27.0 Å². The van der Waals surface area contributed by atoms with Crippen LogP contribution in [0.1, 0.15) is 61.1 Å². The number of amides is 1. The highest BCUT2D eigenvalue weighted by Gasteiger charge is 2.22. The van der Waals surface area contributed by atoms with Crippen molar-refractivity contribution in [2.24, 2.45) is 0 Å². The standard InChI is InChI=1S/C24H24N4OS/c1-14(2)16-8-7-9-17(15(3)4)20(16)28-23(29)21-22(26-13-12-25-21)24-27-18-10-5-6-11-19(18)30-24/h5-15H,1-4H3,(H,28,29). The van der Waals surface area contributed by atoms with Crippen molar-refractivity contribution in [1.82, 2.24) is 15.0 Å². The summed E-state index contributed by atoms with van der Waals surface area (Å²) in [5.74, 6) is 0.293. The van der Waals surface area contributed by atoms with Gasteiger partial charge >= 0.3 is 0 Å². The van der Waals surface area contributed by atoms with Crippen LogP contribution in [0.25, 0.3) is 20.9 Å². The summed E-state index contributed by atoms with van der Waals surface area (Å²) in [7, 11) is 0. The molecule has 0 radical (unpaired) electrons. The van der Waals surface area contributed by atoms with Gasteiger partial charge in [0.2, 0.25) is 0 Å². The number of hydrogen-bond acceptors (Lipinski definition) is 5. The van der Waals surface area contributed by atoms with Crippen molar-refractivity contribution in [3.63, 3.8) is 0 Å². The van der Waals surface area contributed by atoms with E-state index >= 15 is 0 Å². The van der Waals surface area contributed by atoms with Crippen LogP contribution in [0.5, 0.6) is 0 Å². The lowest BCUT2D eigenvalue weighted by Crippen LogP contribution is -2.18. The molecule has 2 aromatic heterocycles. The van der Waals surface area contributed by atoms with Gasteiger partial charge in [-0.25, -0.2) is 15.0 Å². The molecular formula is C24H24N4OS. The maximum atomic E-state index is 13.3. The Labute approximate surface area is 180 Å². The number of fused-ring (bicyclic) bond motifs is 1. The van der Waals surface area contributed by atoms with Gasteiger partial charge in [0.05, 0.1) is 10.2 Å². The second-order valence-corrected chi connectivity index (χ2v) is 8.85. The van der Waals surface area contributed by atoms with E-state index in [1.165, 1.54) is 11.3 Å². The van der Waals surface area contributed by atoms with Crippen molar-refractivity contribution in [3.8, 4) is 10.7 Å². The topological polar surface area (TPSA) is 67.8 Å². The Kier molecular flexibility index (Phi) is 5.59. The quantitative estimate of drug-likeness (QED) is 0.417. The Morgan fingerprint density at radius 1 is 0.900 bits per heavy atom. The fraction of sp³-hybridized carbons (Fsp3) is 0.250. The summed E-state index contributed by atoms with van der Waals surface area (Å²) in [6, 6.07) is 14.1. The first-order valence-electron chi connectivity index (χ1n) is 10.1. The van der Waals surface area contributed by atoms with Crippen molar-refractivity contribution in [2.75, 3.05) is 5.32 Å². The van der Waals surface area contributed by atoms with Crippen LogP contribution < -0.4 is 5.32 Å². The largest absolute Gasteiger partial charge is 0.320 e. The number of nitrogens with one attached hydrogen (secondary N) is 1. The number of carbonyl (C=O) groups is 1. The number of nitrogens with zero attached hydrogens (tertiary/aromatic N) is 3. The van der Waals surface area contributed by atoms with E-state index < -0.39 is 0 Å². The van der Waals surface area contributed by atoms with Crippen LogP contribution in [0.2, 0.25) is 0 Å². The first-order chi connectivity index (χ1) is 14.5. The van der Waals surface area contributed by atoms with Gasteiger partial charge in [0, 0.05) is 18.1 Å². The molecule has 4 rings (SSSR count). The molecule has 0 fully saturated rings. The van der Waals surface area contributed by atoms with Gasteiger partial charge in [-0.1, -0.05) is 58.0 Å².